The lowest BCUT2D eigenvalue weighted by atomic mass is 9.64. The summed E-state index contributed by atoms with van der Waals surface area (Å²) in [6.45, 7) is 5.19. The molecule has 4 nitrogen and oxygen atoms in total. The van der Waals surface area contributed by atoms with Gasteiger partial charge in [-0.25, -0.2) is 0 Å². The van der Waals surface area contributed by atoms with Gasteiger partial charge in [-0.15, -0.1) is 0 Å². The number of hydrogen-bond acceptors (Lipinski definition) is 4. The van der Waals surface area contributed by atoms with E-state index in [0.717, 1.165) is 49.9 Å². The van der Waals surface area contributed by atoms with Crippen LogP contribution in [0.1, 0.15) is 56.6 Å². The van der Waals surface area contributed by atoms with Crippen LogP contribution in [0.2, 0.25) is 0 Å². The fourth-order valence-electron chi connectivity index (χ4n) is 4.68. The molecule has 2 aliphatic carbocycles. The smallest absolute Gasteiger partial charge is 0.0902 e. The van der Waals surface area contributed by atoms with E-state index in [1.807, 2.05) is 18.2 Å². The van der Waals surface area contributed by atoms with Crippen LogP contribution in [0.4, 0.5) is 0 Å². The molecular weight excluding hydrogens is 408 g/mol. The van der Waals surface area contributed by atoms with Crippen molar-refractivity contribution >= 4 is 5.71 Å². The van der Waals surface area contributed by atoms with E-state index in [9.17, 15) is 5.11 Å². The number of nitrogens with zero attached hydrogens (tertiary/aromatic N) is 1. The first-order valence-electron chi connectivity index (χ1n) is 12.1. The fraction of sp³-hybridized carbons (Fsp3) is 0.414. The molecule has 0 saturated heterocycles. The number of hydrogen-bond donors (Lipinski definition) is 2. The van der Waals surface area contributed by atoms with Crippen LogP contribution in [-0.4, -0.2) is 30.1 Å². The summed E-state index contributed by atoms with van der Waals surface area (Å²) in [7, 11) is 0. The van der Waals surface area contributed by atoms with Crippen molar-refractivity contribution in [3.63, 3.8) is 0 Å². The Kier molecular flexibility index (Phi) is 9.47. The average Bonchev–Trinajstić information content (AvgIpc) is 2.84. The Morgan fingerprint density at radius 2 is 1.97 bits per heavy atom. The molecule has 1 aromatic carbocycles. The van der Waals surface area contributed by atoms with Crippen molar-refractivity contribution < 1.29 is 9.84 Å². The molecule has 0 unspecified atom stereocenters. The monoisotopic (exact) mass is 446 g/mol. The van der Waals surface area contributed by atoms with E-state index in [1.54, 1.807) is 0 Å². The summed E-state index contributed by atoms with van der Waals surface area (Å²) in [5.41, 5.74) is 11.4. The highest BCUT2D eigenvalue weighted by Crippen LogP contribution is 2.46. The van der Waals surface area contributed by atoms with Gasteiger partial charge in [0.25, 0.3) is 0 Å². The Morgan fingerprint density at radius 3 is 2.61 bits per heavy atom. The number of aliphatic hydroxyl groups is 1. The summed E-state index contributed by atoms with van der Waals surface area (Å²) < 4.78 is 5.91. The number of aliphatic hydroxyl groups excluding tert-OH is 1. The lowest BCUT2D eigenvalue weighted by Gasteiger charge is -2.41. The molecule has 1 aromatic rings. The molecule has 0 heterocycles. The molecule has 0 spiro atoms. The quantitative estimate of drug-likeness (QED) is 0.370. The summed E-state index contributed by atoms with van der Waals surface area (Å²) >= 11 is 0. The van der Waals surface area contributed by atoms with Gasteiger partial charge in [-0.1, -0.05) is 66.3 Å². The number of aryl methyl sites for hydroxylation is 1. The summed E-state index contributed by atoms with van der Waals surface area (Å²) in [6, 6.07) is 8.90. The minimum Gasteiger partial charge on any atom is -0.403 e. The van der Waals surface area contributed by atoms with Crippen LogP contribution in [0.25, 0.3) is 0 Å². The molecule has 3 rings (SSSR count). The third-order valence-corrected chi connectivity index (χ3v) is 6.53. The lowest BCUT2D eigenvalue weighted by molar-refractivity contribution is 0.105. The van der Waals surface area contributed by atoms with E-state index in [1.165, 1.54) is 22.9 Å². The van der Waals surface area contributed by atoms with Crippen molar-refractivity contribution in [3.05, 3.63) is 95.4 Å². The van der Waals surface area contributed by atoms with Gasteiger partial charge in [-0.05, 0) is 63.2 Å². The normalized spacial score (nSPS) is 25.3. The second-order valence-electron chi connectivity index (χ2n) is 8.93. The van der Waals surface area contributed by atoms with Crippen molar-refractivity contribution in [2.45, 2.75) is 63.9 Å². The molecule has 0 aliphatic heterocycles. The third-order valence-electron chi connectivity index (χ3n) is 6.53. The zero-order valence-electron chi connectivity index (χ0n) is 20.0. The van der Waals surface area contributed by atoms with E-state index in [4.69, 9.17) is 10.5 Å². The Labute approximate surface area is 199 Å². The van der Waals surface area contributed by atoms with Crippen LogP contribution in [0.5, 0.6) is 0 Å². The summed E-state index contributed by atoms with van der Waals surface area (Å²) in [5, 5.41) is 10.2. The highest BCUT2D eigenvalue weighted by molar-refractivity contribution is 5.97. The molecule has 0 aromatic heterocycles. The molecule has 0 bridgehead atoms. The molecule has 0 atom stereocenters. The minimum atomic E-state index is -0.198. The molecule has 33 heavy (non-hydrogen) atoms. The number of allylic oxidation sites excluding steroid dienone is 7. The highest BCUT2D eigenvalue weighted by atomic mass is 16.5. The van der Waals surface area contributed by atoms with Crippen molar-refractivity contribution in [2.75, 3.05) is 13.2 Å². The van der Waals surface area contributed by atoms with Crippen LogP contribution < -0.4 is 5.73 Å². The molecule has 176 valence electrons. The van der Waals surface area contributed by atoms with Crippen molar-refractivity contribution in [2.24, 2.45) is 10.7 Å². The van der Waals surface area contributed by atoms with E-state index < -0.39 is 0 Å². The van der Waals surface area contributed by atoms with Crippen molar-refractivity contribution in [3.8, 4) is 0 Å². The summed E-state index contributed by atoms with van der Waals surface area (Å²) in [5.74, 6) is 0. The summed E-state index contributed by atoms with van der Waals surface area (Å²) in [6.07, 6.45) is 21.3. The Hall–Kier alpha value is -2.69. The zero-order chi connectivity index (χ0) is 23.5. The fourth-order valence-corrected chi connectivity index (χ4v) is 4.68. The standard InChI is InChI=1S/C29H38N2O2/c1-3-8-24(9-7-20-33-22-27(21-30)31-26-10-5-4-6-11-26)29(18-16-28(32)17-19-29)25-14-12-23(2)13-15-25/h3-6,8-10,12-15,21,28,32H,7,11,16-20,22,30H2,1-2H3/b8-3-,24-9+,27-21-,31-26?. The topological polar surface area (TPSA) is 67.8 Å². The number of aliphatic imine (C=N–C) groups is 1. The average molecular weight is 447 g/mol. The van der Waals surface area contributed by atoms with E-state index in [0.29, 0.717) is 13.2 Å². The van der Waals surface area contributed by atoms with Gasteiger partial charge >= 0.3 is 0 Å². The largest absolute Gasteiger partial charge is 0.403 e. The first-order valence-corrected chi connectivity index (χ1v) is 12.1. The number of benzene rings is 1. The number of ether oxygens (including phenoxy) is 1. The second-order valence-corrected chi connectivity index (χ2v) is 8.93. The predicted octanol–water partition coefficient (Wildman–Crippen LogP) is 5.83. The number of rotatable bonds is 9. The second kappa shape index (κ2) is 12.5. The van der Waals surface area contributed by atoms with Gasteiger partial charge in [-0.3, -0.25) is 4.99 Å². The molecule has 2 aliphatic rings. The van der Waals surface area contributed by atoms with Crippen molar-refractivity contribution in [1.82, 2.24) is 0 Å². The minimum absolute atomic E-state index is 0.0609. The van der Waals surface area contributed by atoms with E-state index in [2.05, 4.69) is 67.4 Å². The molecule has 1 saturated carbocycles. The predicted molar refractivity (Wildman–Crippen MR) is 138 cm³/mol. The Morgan fingerprint density at radius 1 is 1.21 bits per heavy atom. The molecule has 4 heteroatoms. The Balaban J connectivity index is 1.68. The van der Waals surface area contributed by atoms with Gasteiger partial charge in [0.15, 0.2) is 0 Å². The van der Waals surface area contributed by atoms with Gasteiger partial charge < -0.3 is 15.6 Å². The van der Waals surface area contributed by atoms with Crippen LogP contribution in [0.3, 0.4) is 0 Å². The lowest BCUT2D eigenvalue weighted by Crippen LogP contribution is -2.35. The first kappa shape index (κ1) is 24.9. The summed E-state index contributed by atoms with van der Waals surface area (Å²) in [4.78, 5) is 4.59. The first-order chi connectivity index (χ1) is 16.1. The van der Waals surface area contributed by atoms with Crippen molar-refractivity contribution in [1.29, 1.82) is 0 Å². The van der Waals surface area contributed by atoms with Gasteiger partial charge in [0.1, 0.15) is 0 Å². The van der Waals surface area contributed by atoms with Crippen LogP contribution in [-0.2, 0) is 10.2 Å². The number of nitrogens with two attached hydrogens (primary N) is 1. The maximum absolute atomic E-state index is 10.2. The maximum Gasteiger partial charge on any atom is 0.0902 e. The molecule has 1 fully saturated rings. The Bertz CT molecular complexity index is 940. The van der Waals surface area contributed by atoms with E-state index in [-0.39, 0.29) is 11.5 Å². The highest BCUT2D eigenvalue weighted by Gasteiger charge is 2.38. The zero-order valence-corrected chi connectivity index (χ0v) is 20.0. The molecular formula is C29H38N2O2. The molecule has 0 amide bonds. The SMILES string of the molecule is C/C=C\C(=C/CCOC/C(=C/N)N=C1C=CC=CC1)C1(c2ccc(C)cc2)CCC(O)CC1. The van der Waals surface area contributed by atoms with Gasteiger partial charge in [0.05, 0.1) is 25.0 Å². The van der Waals surface area contributed by atoms with Gasteiger partial charge in [0.2, 0.25) is 0 Å². The van der Waals surface area contributed by atoms with Crippen LogP contribution in [0.15, 0.2) is 89.3 Å². The molecule has 3 N–H and O–H groups in total. The van der Waals surface area contributed by atoms with E-state index >= 15 is 0 Å². The van der Waals surface area contributed by atoms with Crippen LogP contribution in [0, 0.1) is 6.92 Å². The van der Waals surface area contributed by atoms with Gasteiger partial charge in [0, 0.05) is 23.7 Å². The van der Waals surface area contributed by atoms with Crippen LogP contribution >= 0.6 is 0 Å². The third kappa shape index (κ3) is 6.89. The maximum atomic E-state index is 10.2. The molecule has 0 radical (unpaired) electrons. The van der Waals surface area contributed by atoms with Gasteiger partial charge in [-0.2, -0.15) is 0 Å².